The fourth-order valence-electron chi connectivity index (χ4n) is 12.4. The first kappa shape index (κ1) is 39.7. The zero-order valence-corrected chi connectivity index (χ0v) is 38.8. The molecule has 13 aromatic rings. The molecule has 12 aromatic carbocycles. The lowest BCUT2D eigenvalue weighted by molar-refractivity contribution is 0.793. The lowest BCUT2D eigenvalue weighted by atomic mass is 9.70. The van der Waals surface area contributed by atoms with E-state index in [1.807, 2.05) is 0 Å². The number of para-hydroxylation sites is 1. The predicted molar refractivity (Wildman–Crippen MR) is 298 cm³/mol. The normalized spacial score (nSPS) is 12.9. The zero-order valence-electron chi connectivity index (χ0n) is 38.8. The summed E-state index contributed by atoms with van der Waals surface area (Å²) in [5.74, 6) is 0. The molecule has 1 spiro atoms. The Morgan fingerprint density at radius 2 is 0.676 bits per heavy atom. The summed E-state index contributed by atoms with van der Waals surface area (Å²) < 4.78 is 2.45. The first-order valence-corrected chi connectivity index (χ1v) is 24.7. The monoisotopic (exact) mass is 900 g/mol. The molecule has 2 aliphatic rings. The van der Waals surface area contributed by atoms with E-state index in [9.17, 15) is 0 Å². The second kappa shape index (κ2) is 15.4. The van der Waals surface area contributed by atoms with Gasteiger partial charge in [-0.3, -0.25) is 0 Å². The molecule has 0 unspecified atom stereocenters. The number of fused-ring (bicyclic) bond motifs is 15. The average molecular weight is 901 g/mol. The van der Waals surface area contributed by atoms with Crippen molar-refractivity contribution in [1.29, 1.82) is 0 Å². The highest BCUT2D eigenvalue weighted by Gasteiger charge is 2.51. The Balaban J connectivity index is 0.889. The Hall–Kier alpha value is -9.24. The van der Waals surface area contributed by atoms with E-state index in [-0.39, 0.29) is 0 Å². The highest BCUT2D eigenvalue weighted by Crippen LogP contribution is 2.63. The number of hydrogen-bond acceptors (Lipinski definition) is 1. The maximum absolute atomic E-state index is 2.47. The van der Waals surface area contributed by atoms with E-state index in [4.69, 9.17) is 0 Å². The summed E-state index contributed by atoms with van der Waals surface area (Å²) in [6.45, 7) is 0. The van der Waals surface area contributed by atoms with Crippen molar-refractivity contribution in [3.05, 3.63) is 289 Å². The van der Waals surface area contributed by atoms with Gasteiger partial charge in [0.2, 0.25) is 0 Å². The Bertz CT molecular complexity index is 4090. The molecular weight excluding hydrogens is 857 g/mol. The number of aromatic nitrogens is 1. The van der Waals surface area contributed by atoms with Gasteiger partial charge in [-0.25, -0.2) is 0 Å². The van der Waals surface area contributed by atoms with Crippen LogP contribution in [0, 0.1) is 0 Å². The standard InChI is InChI=1S/C69H44N2/c1-2-18-53(19-3-1)70(56-36-37-60-59-22-10-13-25-65(59)69(66(60)44-56)63-23-11-8-20-57(63)58-21-9-12-24-64(58)69)54-32-34-55(35-33-54)71-67-38-30-51(49-28-26-45-14-4-6-16-47(45)40-49)42-61(67)62-43-52(31-39-68(62)71)50-29-27-46-15-5-7-17-48(46)41-50/h1-44H. The Labute approximate surface area is 412 Å². The molecule has 0 saturated heterocycles. The second-order valence-electron chi connectivity index (χ2n) is 19.2. The molecule has 0 bridgehead atoms. The molecule has 71 heavy (non-hydrogen) atoms. The number of anilines is 3. The molecule has 0 saturated carbocycles. The minimum Gasteiger partial charge on any atom is -0.310 e. The minimum atomic E-state index is -0.430. The predicted octanol–water partition coefficient (Wildman–Crippen LogP) is 18.2. The van der Waals surface area contributed by atoms with Crippen molar-refractivity contribution < 1.29 is 0 Å². The lowest BCUT2D eigenvalue weighted by Gasteiger charge is -2.32. The van der Waals surface area contributed by atoms with Crippen LogP contribution in [0.2, 0.25) is 0 Å². The van der Waals surface area contributed by atoms with Gasteiger partial charge in [0.15, 0.2) is 0 Å². The van der Waals surface area contributed by atoms with Crippen molar-refractivity contribution in [2.45, 2.75) is 5.41 Å². The largest absolute Gasteiger partial charge is 0.310 e. The fourth-order valence-corrected chi connectivity index (χ4v) is 12.4. The molecular formula is C69H44N2. The van der Waals surface area contributed by atoms with Crippen LogP contribution in [0.15, 0.2) is 267 Å². The van der Waals surface area contributed by atoms with Crippen molar-refractivity contribution in [1.82, 2.24) is 4.57 Å². The molecule has 0 fully saturated rings. The first-order chi connectivity index (χ1) is 35.2. The van der Waals surface area contributed by atoms with Gasteiger partial charge in [0.05, 0.1) is 16.4 Å². The van der Waals surface area contributed by atoms with Gasteiger partial charge >= 0.3 is 0 Å². The molecule has 0 atom stereocenters. The molecule has 15 rings (SSSR count). The number of rotatable bonds is 6. The van der Waals surface area contributed by atoms with E-state index in [0.29, 0.717) is 0 Å². The molecule has 0 amide bonds. The van der Waals surface area contributed by atoms with Crippen LogP contribution in [0.4, 0.5) is 17.1 Å². The van der Waals surface area contributed by atoms with Gasteiger partial charge in [-0.15, -0.1) is 0 Å². The van der Waals surface area contributed by atoms with E-state index in [1.165, 1.54) is 110 Å². The minimum absolute atomic E-state index is 0.430. The van der Waals surface area contributed by atoms with Crippen LogP contribution in [-0.4, -0.2) is 4.57 Å². The maximum Gasteiger partial charge on any atom is 0.0726 e. The third kappa shape index (κ3) is 5.89. The lowest BCUT2D eigenvalue weighted by Crippen LogP contribution is -2.26. The summed E-state index contributed by atoms with van der Waals surface area (Å²) in [5, 5.41) is 7.44. The van der Waals surface area contributed by atoms with E-state index >= 15 is 0 Å². The van der Waals surface area contributed by atoms with Crippen LogP contribution >= 0.6 is 0 Å². The summed E-state index contributed by atoms with van der Waals surface area (Å²) in [4.78, 5) is 2.42. The fraction of sp³-hybridized carbons (Fsp3) is 0.0145. The number of hydrogen-bond donors (Lipinski definition) is 0. The molecule has 2 nitrogen and oxygen atoms in total. The van der Waals surface area contributed by atoms with E-state index in [0.717, 1.165) is 22.7 Å². The summed E-state index contributed by atoms with van der Waals surface area (Å²) in [6.07, 6.45) is 0. The Kier molecular flexibility index (Phi) is 8.61. The van der Waals surface area contributed by atoms with Crippen LogP contribution in [0.5, 0.6) is 0 Å². The molecule has 0 aliphatic heterocycles. The quantitative estimate of drug-likeness (QED) is 0.161. The van der Waals surface area contributed by atoms with Crippen molar-refractivity contribution in [2.24, 2.45) is 0 Å². The van der Waals surface area contributed by atoms with Crippen LogP contribution in [0.3, 0.4) is 0 Å². The molecule has 330 valence electrons. The van der Waals surface area contributed by atoms with E-state index in [1.54, 1.807) is 0 Å². The SMILES string of the molecule is c1ccc(N(c2ccc(-n3c4ccc(-c5ccc6ccccc6c5)cc4c4cc(-c5ccc6ccccc6c5)ccc43)cc2)c2ccc3c(c2)C2(c4ccccc4-c4ccccc42)c2ccccc2-3)cc1. The van der Waals surface area contributed by atoms with Gasteiger partial charge in [-0.1, -0.05) is 182 Å². The first-order valence-electron chi connectivity index (χ1n) is 24.7. The van der Waals surface area contributed by atoms with Crippen LogP contribution in [0.25, 0.3) is 93.5 Å². The van der Waals surface area contributed by atoms with Gasteiger partial charge in [0.25, 0.3) is 0 Å². The van der Waals surface area contributed by atoms with Crippen LogP contribution in [-0.2, 0) is 5.41 Å². The number of benzene rings is 12. The van der Waals surface area contributed by atoms with Crippen molar-refractivity contribution >= 4 is 60.4 Å². The summed E-state index contributed by atoms with van der Waals surface area (Å²) in [5.41, 5.74) is 21.8. The maximum atomic E-state index is 2.47. The smallest absolute Gasteiger partial charge is 0.0726 e. The van der Waals surface area contributed by atoms with Gasteiger partial charge in [-0.2, -0.15) is 0 Å². The van der Waals surface area contributed by atoms with Crippen molar-refractivity contribution in [3.63, 3.8) is 0 Å². The summed E-state index contributed by atoms with van der Waals surface area (Å²) in [7, 11) is 0. The van der Waals surface area contributed by atoms with Crippen LogP contribution < -0.4 is 4.90 Å². The van der Waals surface area contributed by atoms with Gasteiger partial charge in [0.1, 0.15) is 0 Å². The highest BCUT2D eigenvalue weighted by atomic mass is 15.1. The molecule has 2 heteroatoms. The van der Waals surface area contributed by atoms with Crippen LogP contribution in [0.1, 0.15) is 22.3 Å². The van der Waals surface area contributed by atoms with E-state index < -0.39 is 5.41 Å². The third-order valence-corrected chi connectivity index (χ3v) is 15.6. The Morgan fingerprint density at radius 1 is 0.268 bits per heavy atom. The van der Waals surface area contributed by atoms with Gasteiger partial charge in [-0.05, 0) is 173 Å². The Morgan fingerprint density at radius 3 is 1.21 bits per heavy atom. The van der Waals surface area contributed by atoms with Gasteiger partial charge in [0, 0.05) is 33.5 Å². The molecule has 0 radical (unpaired) electrons. The molecule has 2 aliphatic carbocycles. The topological polar surface area (TPSA) is 8.17 Å². The zero-order chi connectivity index (χ0) is 46.6. The second-order valence-corrected chi connectivity index (χ2v) is 19.2. The van der Waals surface area contributed by atoms with Crippen molar-refractivity contribution in [2.75, 3.05) is 4.90 Å². The molecule has 0 N–H and O–H groups in total. The van der Waals surface area contributed by atoms with Crippen molar-refractivity contribution in [3.8, 4) is 50.2 Å². The third-order valence-electron chi connectivity index (χ3n) is 15.6. The molecule has 1 heterocycles. The summed E-state index contributed by atoms with van der Waals surface area (Å²) >= 11 is 0. The number of nitrogens with zero attached hydrogens (tertiary/aromatic N) is 2. The highest BCUT2D eigenvalue weighted by molar-refractivity contribution is 6.12. The average Bonchev–Trinajstić information content (AvgIpc) is 4.05. The summed E-state index contributed by atoms with van der Waals surface area (Å²) in [6, 6.07) is 99.2. The van der Waals surface area contributed by atoms with E-state index in [2.05, 4.69) is 276 Å². The van der Waals surface area contributed by atoms with Gasteiger partial charge < -0.3 is 9.47 Å². The molecule has 1 aromatic heterocycles.